The van der Waals surface area contributed by atoms with E-state index in [1.807, 2.05) is 20.8 Å². The number of carbonyl (C=O) groups is 1. The average molecular weight is 268 g/mol. The molecule has 19 heavy (non-hydrogen) atoms. The van der Waals surface area contributed by atoms with Crippen molar-refractivity contribution in [3.8, 4) is 0 Å². The zero-order valence-corrected chi connectivity index (χ0v) is 11.1. The first kappa shape index (κ1) is 15.1. The molecule has 1 rings (SSSR count). The van der Waals surface area contributed by atoms with Crippen LogP contribution in [0.15, 0.2) is 18.2 Å². The minimum Gasteiger partial charge on any atom is -0.352 e. The van der Waals surface area contributed by atoms with Crippen LogP contribution in [0.2, 0.25) is 0 Å². The number of nitrogens with one attached hydrogen (secondary N) is 1. The monoisotopic (exact) mass is 268 g/mol. The Morgan fingerprint density at radius 3 is 2.58 bits per heavy atom. The maximum Gasteiger partial charge on any atom is 0.282 e. The topological polar surface area (TPSA) is 72.2 Å². The zero-order chi connectivity index (χ0) is 14.6. The van der Waals surface area contributed by atoms with Gasteiger partial charge in [-0.1, -0.05) is 20.8 Å². The molecule has 1 aromatic carbocycles. The summed E-state index contributed by atoms with van der Waals surface area (Å²) in [6.07, 6.45) is 0. The molecule has 1 N–H and O–H groups in total. The van der Waals surface area contributed by atoms with Crippen LogP contribution in [-0.4, -0.2) is 17.4 Å². The van der Waals surface area contributed by atoms with Crippen LogP contribution in [0.1, 0.15) is 31.1 Å². The number of nitrogens with zero attached hydrogens (tertiary/aromatic N) is 1. The number of benzene rings is 1. The van der Waals surface area contributed by atoms with E-state index in [9.17, 15) is 19.3 Å². The molecule has 1 aromatic rings. The average Bonchev–Trinajstić information content (AvgIpc) is 2.34. The molecular weight excluding hydrogens is 251 g/mol. The van der Waals surface area contributed by atoms with Crippen molar-refractivity contribution in [1.82, 2.24) is 5.32 Å². The first-order chi connectivity index (χ1) is 8.82. The van der Waals surface area contributed by atoms with Crippen LogP contribution in [0.5, 0.6) is 0 Å². The highest BCUT2D eigenvalue weighted by Gasteiger charge is 2.21. The summed E-state index contributed by atoms with van der Waals surface area (Å²) in [7, 11) is 0. The number of hydrogen-bond donors (Lipinski definition) is 1. The van der Waals surface area contributed by atoms with Crippen molar-refractivity contribution in [1.29, 1.82) is 0 Å². The molecule has 0 aromatic heterocycles. The van der Waals surface area contributed by atoms with E-state index in [0.717, 1.165) is 18.2 Å². The second-order valence-corrected chi connectivity index (χ2v) is 4.85. The van der Waals surface area contributed by atoms with Gasteiger partial charge in [0, 0.05) is 12.6 Å². The predicted molar refractivity (Wildman–Crippen MR) is 69.4 cm³/mol. The van der Waals surface area contributed by atoms with Gasteiger partial charge in [0.05, 0.1) is 4.92 Å². The van der Waals surface area contributed by atoms with Crippen molar-refractivity contribution < 1.29 is 14.1 Å². The van der Waals surface area contributed by atoms with E-state index in [-0.39, 0.29) is 11.5 Å². The van der Waals surface area contributed by atoms with Gasteiger partial charge < -0.3 is 5.32 Å². The molecular formula is C13H17FN2O3. The van der Waals surface area contributed by atoms with Crippen LogP contribution >= 0.6 is 0 Å². The summed E-state index contributed by atoms with van der Waals surface area (Å²) in [6, 6.07) is 2.84. The van der Waals surface area contributed by atoms with E-state index in [1.165, 1.54) is 0 Å². The number of nitro benzene ring substituents is 1. The van der Waals surface area contributed by atoms with Gasteiger partial charge in [0.25, 0.3) is 11.6 Å². The van der Waals surface area contributed by atoms with Gasteiger partial charge in [0.2, 0.25) is 0 Å². The van der Waals surface area contributed by atoms with Gasteiger partial charge in [-0.25, -0.2) is 4.39 Å². The number of nitro groups is 1. The fourth-order valence-corrected chi connectivity index (χ4v) is 1.43. The minimum absolute atomic E-state index is 0.233. The molecule has 104 valence electrons. The van der Waals surface area contributed by atoms with Crippen LogP contribution in [0.25, 0.3) is 0 Å². The summed E-state index contributed by atoms with van der Waals surface area (Å²) in [4.78, 5) is 22.0. The minimum atomic E-state index is -0.694. The molecule has 0 saturated heterocycles. The molecule has 0 aliphatic heterocycles. The first-order valence-electron chi connectivity index (χ1n) is 6.05. The highest BCUT2D eigenvalue weighted by molar-refractivity contribution is 5.98. The van der Waals surface area contributed by atoms with E-state index in [1.54, 1.807) is 0 Å². The second kappa shape index (κ2) is 6.26. The molecule has 5 nitrogen and oxygen atoms in total. The van der Waals surface area contributed by atoms with Crippen molar-refractivity contribution >= 4 is 11.6 Å². The molecule has 0 bridgehead atoms. The smallest absolute Gasteiger partial charge is 0.282 e. The molecule has 1 amide bonds. The molecule has 0 aliphatic carbocycles. The Morgan fingerprint density at radius 2 is 2.05 bits per heavy atom. The van der Waals surface area contributed by atoms with E-state index >= 15 is 0 Å². The van der Waals surface area contributed by atoms with Gasteiger partial charge in [-0.15, -0.1) is 0 Å². The van der Waals surface area contributed by atoms with Crippen molar-refractivity contribution in [2.45, 2.75) is 20.8 Å². The Bertz CT molecular complexity index is 489. The number of hydrogen-bond acceptors (Lipinski definition) is 3. The van der Waals surface area contributed by atoms with Crippen LogP contribution in [0, 0.1) is 27.8 Å². The van der Waals surface area contributed by atoms with Gasteiger partial charge in [0.15, 0.2) is 0 Å². The highest BCUT2D eigenvalue weighted by Crippen LogP contribution is 2.19. The SMILES string of the molecule is CC(C)C(C)CNC(=O)c1cc(F)ccc1[N+](=O)[O-]. The number of halogens is 1. The summed E-state index contributed by atoms with van der Waals surface area (Å²) < 4.78 is 13.1. The lowest BCUT2D eigenvalue weighted by molar-refractivity contribution is -0.385. The molecule has 0 saturated carbocycles. The molecule has 0 aliphatic rings. The molecule has 6 heteroatoms. The van der Waals surface area contributed by atoms with E-state index in [4.69, 9.17) is 0 Å². The van der Waals surface area contributed by atoms with E-state index in [0.29, 0.717) is 12.5 Å². The Labute approximate surface area is 111 Å². The van der Waals surface area contributed by atoms with Crippen LogP contribution < -0.4 is 5.32 Å². The van der Waals surface area contributed by atoms with Crippen molar-refractivity contribution in [2.75, 3.05) is 6.54 Å². The van der Waals surface area contributed by atoms with Crippen LogP contribution in [-0.2, 0) is 0 Å². The fraction of sp³-hybridized carbons (Fsp3) is 0.462. The van der Waals surface area contributed by atoms with Crippen molar-refractivity contribution in [2.24, 2.45) is 11.8 Å². The van der Waals surface area contributed by atoms with Crippen LogP contribution in [0.3, 0.4) is 0 Å². The van der Waals surface area contributed by atoms with Crippen molar-refractivity contribution in [3.63, 3.8) is 0 Å². The van der Waals surface area contributed by atoms with Crippen molar-refractivity contribution in [3.05, 3.63) is 39.7 Å². The van der Waals surface area contributed by atoms with Gasteiger partial charge in [-0.3, -0.25) is 14.9 Å². The molecule has 1 unspecified atom stereocenters. The van der Waals surface area contributed by atoms with Gasteiger partial charge in [-0.05, 0) is 24.0 Å². The number of rotatable bonds is 5. The maximum absolute atomic E-state index is 13.1. The Balaban J connectivity index is 2.87. The zero-order valence-electron chi connectivity index (χ0n) is 11.1. The summed E-state index contributed by atoms with van der Waals surface area (Å²) in [6.45, 7) is 6.39. The largest absolute Gasteiger partial charge is 0.352 e. The lowest BCUT2D eigenvalue weighted by Crippen LogP contribution is -2.30. The van der Waals surface area contributed by atoms with E-state index < -0.39 is 22.3 Å². The summed E-state index contributed by atoms with van der Waals surface area (Å²) in [5, 5.41) is 13.4. The predicted octanol–water partition coefficient (Wildman–Crippen LogP) is 2.76. The third-order valence-corrected chi connectivity index (χ3v) is 3.12. The van der Waals surface area contributed by atoms with E-state index in [2.05, 4.69) is 5.32 Å². The van der Waals surface area contributed by atoms with Crippen LogP contribution in [0.4, 0.5) is 10.1 Å². The second-order valence-electron chi connectivity index (χ2n) is 4.85. The lowest BCUT2D eigenvalue weighted by Gasteiger charge is -2.16. The third-order valence-electron chi connectivity index (χ3n) is 3.12. The summed E-state index contributed by atoms with van der Waals surface area (Å²) in [5.74, 6) is -0.689. The number of amides is 1. The summed E-state index contributed by atoms with van der Waals surface area (Å²) >= 11 is 0. The molecule has 0 spiro atoms. The molecule has 0 fully saturated rings. The Morgan fingerprint density at radius 1 is 1.42 bits per heavy atom. The fourth-order valence-electron chi connectivity index (χ4n) is 1.43. The lowest BCUT2D eigenvalue weighted by atomic mass is 9.98. The first-order valence-corrected chi connectivity index (χ1v) is 6.05. The summed E-state index contributed by atoms with van der Waals surface area (Å²) in [5.41, 5.74) is -0.642. The molecule has 0 heterocycles. The third kappa shape index (κ3) is 4.01. The molecule has 0 radical (unpaired) electrons. The Hall–Kier alpha value is -1.98. The highest BCUT2D eigenvalue weighted by atomic mass is 19.1. The standard InChI is InChI=1S/C13H17FN2O3/c1-8(2)9(3)7-15-13(17)11-6-10(14)4-5-12(11)16(18)19/h4-6,8-9H,7H2,1-3H3,(H,15,17). The van der Waals surface area contributed by atoms with Gasteiger partial charge in [0.1, 0.15) is 11.4 Å². The molecule has 1 atom stereocenters. The quantitative estimate of drug-likeness (QED) is 0.659. The Kier molecular flexibility index (Phi) is 4.97. The number of carbonyl (C=O) groups excluding carboxylic acids is 1. The van der Waals surface area contributed by atoms with Gasteiger partial charge >= 0.3 is 0 Å². The maximum atomic E-state index is 13.1. The normalized spacial score (nSPS) is 12.3. The van der Waals surface area contributed by atoms with Gasteiger partial charge in [-0.2, -0.15) is 0 Å².